The Morgan fingerprint density at radius 1 is 1.15 bits per heavy atom. The second kappa shape index (κ2) is 3.23. The van der Waals surface area contributed by atoms with Gasteiger partial charge in [-0.3, -0.25) is 4.79 Å². The predicted molar refractivity (Wildman–Crippen MR) is 48.2 cm³/mol. The summed E-state index contributed by atoms with van der Waals surface area (Å²) in [6, 6.07) is 9.30. The van der Waals surface area contributed by atoms with Crippen LogP contribution in [0.1, 0.15) is 0 Å². The highest BCUT2D eigenvalue weighted by atomic mass is 16.3. The van der Waals surface area contributed by atoms with Gasteiger partial charge in [-0.25, -0.2) is 0 Å². The highest BCUT2D eigenvalue weighted by Gasteiger charge is 2.01. The van der Waals surface area contributed by atoms with Crippen molar-refractivity contribution in [2.45, 2.75) is 0 Å². The van der Waals surface area contributed by atoms with E-state index in [4.69, 9.17) is 4.42 Å². The lowest BCUT2D eigenvalue weighted by Gasteiger charge is -1.96. The summed E-state index contributed by atoms with van der Waals surface area (Å²) in [4.78, 5) is 14.8. The van der Waals surface area contributed by atoms with Gasteiger partial charge in [-0.05, 0) is 5.56 Å². The van der Waals surface area contributed by atoms with Crippen LogP contribution in [0.5, 0.6) is 0 Å². The average Bonchev–Trinajstić information content (AvgIpc) is 2.20. The molecule has 1 aromatic heterocycles. The van der Waals surface area contributed by atoms with Crippen molar-refractivity contribution in [1.29, 1.82) is 0 Å². The highest BCUT2D eigenvalue weighted by Crippen LogP contribution is 2.12. The molecule has 2 aromatic rings. The van der Waals surface area contributed by atoms with Gasteiger partial charge in [0.05, 0.1) is 5.56 Å². The molecule has 0 aliphatic carbocycles. The maximum absolute atomic E-state index is 11.2. The van der Waals surface area contributed by atoms with E-state index in [2.05, 4.69) is 4.98 Å². The van der Waals surface area contributed by atoms with Gasteiger partial charge in [0, 0.05) is 0 Å². The molecule has 0 fully saturated rings. The number of hydrogen-bond acceptors (Lipinski definition) is 3. The molecule has 2 rings (SSSR count). The molecule has 1 aromatic carbocycles. The van der Waals surface area contributed by atoms with Crippen molar-refractivity contribution in [3.63, 3.8) is 0 Å². The van der Waals surface area contributed by atoms with Crippen LogP contribution in [0.25, 0.3) is 11.1 Å². The maximum atomic E-state index is 11.2. The van der Waals surface area contributed by atoms with Crippen LogP contribution in [0.4, 0.5) is 0 Å². The molecule has 0 unspecified atom stereocenters. The first-order valence-electron chi connectivity index (χ1n) is 3.86. The lowest BCUT2D eigenvalue weighted by atomic mass is 10.1. The summed E-state index contributed by atoms with van der Waals surface area (Å²) in [5.74, 6) is 0. The summed E-state index contributed by atoms with van der Waals surface area (Å²) in [7, 11) is 0. The second-order valence-electron chi connectivity index (χ2n) is 2.57. The van der Waals surface area contributed by atoms with Crippen molar-refractivity contribution >= 4 is 0 Å². The first-order valence-corrected chi connectivity index (χ1v) is 3.86. The van der Waals surface area contributed by atoms with E-state index in [1.165, 1.54) is 6.26 Å². The van der Waals surface area contributed by atoms with Crippen LogP contribution in [0.3, 0.4) is 0 Å². The van der Waals surface area contributed by atoms with Gasteiger partial charge in [0.2, 0.25) is 0 Å². The molecule has 1 heterocycles. The molecule has 0 aliphatic heterocycles. The molecule has 3 nitrogen and oxygen atoms in total. The summed E-state index contributed by atoms with van der Waals surface area (Å²) in [6.07, 6.45) is 2.54. The molecular formula is C10H7NO2. The minimum absolute atomic E-state index is 0.266. The molecule has 0 saturated carbocycles. The standard InChI is InChI=1S/C10H7NO2/c12-10-9(6-13-7-11-10)8-4-2-1-3-5-8/h1-7H. The quantitative estimate of drug-likeness (QED) is 0.659. The number of aromatic nitrogens is 1. The van der Waals surface area contributed by atoms with Gasteiger partial charge in [-0.2, -0.15) is 4.98 Å². The van der Waals surface area contributed by atoms with E-state index >= 15 is 0 Å². The number of rotatable bonds is 1. The van der Waals surface area contributed by atoms with Gasteiger partial charge in [0.15, 0.2) is 6.39 Å². The Bertz CT molecular complexity index is 448. The third kappa shape index (κ3) is 1.49. The Morgan fingerprint density at radius 2 is 1.92 bits per heavy atom. The zero-order valence-corrected chi connectivity index (χ0v) is 6.81. The van der Waals surface area contributed by atoms with Crippen LogP contribution < -0.4 is 5.56 Å². The third-order valence-electron chi connectivity index (χ3n) is 1.73. The fourth-order valence-corrected chi connectivity index (χ4v) is 1.11. The normalized spacial score (nSPS) is 9.85. The average molecular weight is 173 g/mol. The van der Waals surface area contributed by atoms with Gasteiger partial charge in [-0.1, -0.05) is 30.3 Å². The number of hydrogen-bond donors (Lipinski definition) is 0. The molecule has 0 aliphatic rings. The van der Waals surface area contributed by atoms with Crippen molar-refractivity contribution in [2.24, 2.45) is 0 Å². The Balaban J connectivity index is 2.60. The third-order valence-corrected chi connectivity index (χ3v) is 1.73. The van der Waals surface area contributed by atoms with E-state index in [9.17, 15) is 4.79 Å². The number of benzene rings is 1. The zero-order valence-electron chi connectivity index (χ0n) is 6.81. The van der Waals surface area contributed by atoms with E-state index in [1.54, 1.807) is 0 Å². The fourth-order valence-electron chi connectivity index (χ4n) is 1.11. The molecule has 0 N–H and O–H groups in total. The van der Waals surface area contributed by atoms with E-state index in [0.717, 1.165) is 12.0 Å². The minimum atomic E-state index is -0.266. The molecule has 0 spiro atoms. The van der Waals surface area contributed by atoms with E-state index < -0.39 is 0 Å². The minimum Gasteiger partial charge on any atom is -0.452 e. The van der Waals surface area contributed by atoms with Crippen LogP contribution in [-0.4, -0.2) is 4.98 Å². The second-order valence-corrected chi connectivity index (χ2v) is 2.57. The predicted octanol–water partition coefficient (Wildman–Crippen LogP) is 1.70. The fraction of sp³-hybridized carbons (Fsp3) is 0. The Hall–Kier alpha value is -1.90. The van der Waals surface area contributed by atoms with Crippen LogP contribution in [0.2, 0.25) is 0 Å². The van der Waals surface area contributed by atoms with Crippen molar-refractivity contribution in [1.82, 2.24) is 4.98 Å². The van der Waals surface area contributed by atoms with E-state index in [0.29, 0.717) is 5.56 Å². The Morgan fingerprint density at radius 3 is 2.62 bits per heavy atom. The first-order chi connectivity index (χ1) is 6.38. The smallest absolute Gasteiger partial charge is 0.283 e. The van der Waals surface area contributed by atoms with Gasteiger partial charge in [0.25, 0.3) is 5.56 Å². The maximum Gasteiger partial charge on any atom is 0.283 e. The van der Waals surface area contributed by atoms with E-state index in [1.807, 2.05) is 30.3 Å². The van der Waals surface area contributed by atoms with Crippen molar-refractivity contribution in [3.8, 4) is 11.1 Å². The van der Waals surface area contributed by atoms with Crippen molar-refractivity contribution in [2.75, 3.05) is 0 Å². The molecule has 0 saturated heterocycles. The molecule has 0 amide bonds. The molecule has 0 bridgehead atoms. The molecule has 64 valence electrons. The highest BCUT2D eigenvalue weighted by molar-refractivity contribution is 5.60. The van der Waals surface area contributed by atoms with Crippen LogP contribution in [0, 0.1) is 0 Å². The van der Waals surface area contributed by atoms with E-state index in [-0.39, 0.29) is 5.56 Å². The summed E-state index contributed by atoms with van der Waals surface area (Å²) in [5.41, 5.74) is 1.05. The monoisotopic (exact) mass is 173 g/mol. The van der Waals surface area contributed by atoms with Crippen LogP contribution in [-0.2, 0) is 0 Å². The van der Waals surface area contributed by atoms with Gasteiger partial charge in [-0.15, -0.1) is 0 Å². The molecule has 0 radical (unpaired) electrons. The summed E-state index contributed by atoms with van der Waals surface area (Å²) in [5, 5.41) is 0. The number of nitrogens with zero attached hydrogens (tertiary/aromatic N) is 1. The SMILES string of the molecule is O=c1ncocc1-c1ccccc1. The van der Waals surface area contributed by atoms with Gasteiger partial charge in [0.1, 0.15) is 6.26 Å². The summed E-state index contributed by atoms with van der Waals surface area (Å²) >= 11 is 0. The van der Waals surface area contributed by atoms with Gasteiger partial charge >= 0.3 is 0 Å². The molecule has 3 heteroatoms. The lowest BCUT2D eigenvalue weighted by Crippen LogP contribution is -2.06. The van der Waals surface area contributed by atoms with Crippen molar-refractivity contribution < 1.29 is 4.42 Å². The molecule has 13 heavy (non-hydrogen) atoms. The topological polar surface area (TPSA) is 43.1 Å². The van der Waals surface area contributed by atoms with Gasteiger partial charge < -0.3 is 4.42 Å². The largest absolute Gasteiger partial charge is 0.452 e. The zero-order chi connectivity index (χ0) is 9.10. The molecular weight excluding hydrogens is 166 g/mol. The lowest BCUT2D eigenvalue weighted by molar-refractivity contribution is 0.526. The first kappa shape index (κ1) is 7.73. The summed E-state index contributed by atoms with van der Waals surface area (Å²) in [6.45, 7) is 0. The molecule has 0 atom stereocenters. The Labute approximate surface area is 74.7 Å². The van der Waals surface area contributed by atoms with Crippen LogP contribution >= 0.6 is 0 Å². The van der Waals surface area contributed by atoms with Crippen molar-refractivity contribution in [3.05, 3.63) is 53.3 Å². The Kier molecular flexibility index (Phi) is 1.92. The summed E-state index contributed by atoms with van der Waals surface area (Å²) < 4.78 is 4.83. The van der Waals surface area contributed by atoms with Crippen LogP contribution in [0.15, 0.2) is 52.2 Å².